The van der Waals surface area contributed by atoms with E-state index in [-0.39, 0.29) is 30.9 Å². The number of hydrogen-bond acceptors (Lipinski definition) is 3. The van der Waals surface area contributed by atoms with Crippen LogP contribution in [0.3, 0.4) is 0 Å². The molecule has 0 radical (unpaired) electrons. The van der Waals surface area contributed by atoms with Gasteiger partial charge in [-0.05, 0) is 84.2 Å². The Morgan fingerprint density at radius 3 is 2.10 bits per heavy atom. The number of carboxylic acid groups (broad SMARTS) is 1. The van der Waals surface area contributed by atoms with Crippen LogP contribution in [0.4, 0.5) is 13.2 Å². The van der Waals surface area contributed by atoms with Crippen LogP contribution in [0.25, 0.3) is 0 Å². The Bertz CT molecular complexity index is 1320. The van der Waals surface area contributed by atoms with Crippen molar-refractivity contribution < 1.29 is 32.6 Å². The largest absolute Gasteiger partial charge is 0.489 e. The second kappa shape index (κ2) is 10.8. The number of carbonyl (C=O) groups excluding carboxylic acids is 1. The fourth-order valence-electron chi connectivity index (χ4n) is 6.31. The first-order valence-corrected chi connectivity index (χ1v) is 13.1. The molecule has 204 valence electrons. The number of alkyl halides is 3. The minimum atomic E-state index is -4.36. The first-order chi connectivity index (χ1) is 18.6. The quantitative estimate of drug-likeness (QED) is 0.323. The zero-order valence-electron chi connectivity index (χ0n) is 21.3. The molecule has 3 unspecified atom stereocenters. The molecule has 5 nitrogen and oxygen atoms in total. The van der Waals surface area contributed by atoms with Crippen LogP contribution in [0.2, 0.25) is 0 Å². The third-order valence-electron chi connectivity index (χ3n) is 8.19. The van der Waals surface area contributed by atoms with Crippen LogP contribution in [0, 0.1) is 11.8 Å². The summed E-state index contributed by atoms with van der Waals surface area (Å²) >= 11 is 0. The highest BCUT2D eigenvalue weighted by atomic mass is 19.4. The van der Waals surface area contributed by atoms with Gasteiger partial charge < -0.3 is 15.2 Å². The lowest BCUT2D eigenvalue weighted by molar-refractivity contribution is -0.138. The zero-order valence-corrected chi connectivity index (χ0v) is 21.3. The van der Waals surface area contributed by atoms with Crippen LogP contribution in [0.5, 0.6) is 5.75 Å². The molecular formula is C31H30F3NO4. The first kappa shape index (κ1) is 26.8. The Labute approximate surface area is 225 Å². The van der Waals surface area contributed by atoms with Crippen molar-refractivity contribution in [3.05, 3.63) is 101 Å². The van der Waals surface area contributed by atoms with Crippen LogP contribution in [-0.4, -0.2) is 23.5 Å². The molecule has 39 heavy (non-hydrogen) atoms. The van der Waals surface area contributed by atoms with Gasteiger partial charge in [-0.1, -0.05) is 42.8 Å². The Hall–Kier alpha value is -3.81. The van der Waals surface area contributed by atoms with Gasteiger partial charge in [0.1, 0.15) is 12.4 Å². The van der Waals surface area contributed by atoms with Gasteiger partial charge in [0.2, 0.25) is 0 Å². The summed E-state index contributed by atoms with van der Waals surface area (Å²) in [5.74, 6) is 0.547. The van der Waals surface area contributed by atoms with Crippen molar-refractivity contribution in [2.75, 3.05) is 6.54 Å². The van der Waals surface area contributed by atoms with Gasteiger partial charge >= 0.3 is 12.1 Å². The first-order valence-electron chi connectivity index (χ1n) is 13.1. The smallest absolute Gasteiger partial charge is 0.416 e. The number of rotatable bonds is 9. The molecule has 2 aliphatic rings. The average molecular weight is 538 g/mol. The molecule has 2 bridgehead atoms. The third-order valence-corrected chi connectivity index (χ3v) is 8.19. The number of hydrogen-bond donors (Lipinski definition) is 2. The number of carboxylic acids is 1. The molecule has 2 N–H and O–H groups in total. The van der Waals surface area contributed by atoms with E-state index in [1.54, 1.807) is 12.1 Å². The van der Waals surface area contributed by atoms with Crippen LogP contribution in [0.1, 0.15) is 64.7 Å². The van der Waals surface area contributed by atoms with Gasteiger partial charge in [0.15, 0.2) is 0 Å². The molecule has 3 aromatic carbocycles. The van der Waals surface area contributed by atoms with E-state index in [4.69, 9.17) is 9.84 Å². The fraction of sp³-hybridized carbons (Fsp3) is 0.355. The van der Waals surface area contributed by atoms with Crippen LogP contribution >= 0.6 is 0 Å². The second-order valence-corrected chi connectivity index (χ2v) is 10.5. The molecule has 3 aromatic rings. The van der Waals surface area contributed by atoms with E-state index < -0.39 is 17.7 Å². The molecule has 0 saturated heterocycles. The summed E-state index contributed by atoms with van der Waals surface area (Å²) in [6, 6.07) is 20.6. The predicted octanol–water partition coefficient (Wildman–Crippen LogP) is 6.60. The number of benzene rings is 3. The minimum absolute atomic E-state index is 0.0803. The average Bonchev–Trinajstić information content (AvgIpc) is 3.54. The summed E-state index contributed by atoms with van der Waals surface area (Å²) in [7, 11) is 0. The van der Waals surface area contributed by atoms with E-state index in [0.29, 0.717) is 28.7 Å². The molecule has 2 fully saturated rings. The van der Waals surface area contributed by atoms with Crippen molar-refractivity contribution >= 4 is 11.9 Å². The highest BCUT2D eigenvalue weighted by molar-refractivity contribution is 5.94. The molecule has 5 rings (SSSR count). The summed E-state index contributed by atoms with van der Waals surface area (Å²) in [4.78, 5) is 23.1. The molecule has 2 saturated carbocycles. The second-order valence-electron chi connectivity index (χ2n) is 10.5. The van der Waals surface area contributed by atoms with E-state index in [2.05, 4.69) is 17.4 Å². The predicted molar refractivity (Wildman–Crippen MR) is 139 cm³/mol. The van der Waals surface area contributed by atoms with Gasteiger partial charge in [0, 0.05) is 17.5 Å². The zero-order chi connectivity index (χ0) is 27.6. The Balaban J connectivity index is 1.31. The SMILES string of the molecule is O=C(O)CCNC(=O)c1ccc(C2(c3ccc(OCc4ccc(C(F)(F)F)cc4)cc3)CC3CCC2C3)cc1. The third kappa shape index (κ3) is 5.65. The lowest BCUT2D eigenvalue weighted by Crippen LogP contribution is -2.34. The van der Waals surface area contributed by atoms with E-state index in [0.717, 1.165) is 30.5 Å². The summed E-state index contributed by atoms with van der Waals surface area (Å²) in [6.45, 7) is 0.250. The molecule has 2 aliphatic carbocycles. The Morgan fingerprint density at radius 2 is 1.56 bits per heavy atom. The molecule has 0 aromatic heterocycles. The Morgan fingerprint density at radius 1 is 0.923 bits per heavy atom. The number of ether oxygens (including phenoxy) is 1. The molecule has 3 atom stereocenters. The topological polar surface area (TPSA) is 75.6 Å². The lowest BCUT2D eigenvalue weighted by atomic mass is 9.64. The Kier molecular flexibility index (Phi) is 7.38. The standard InChI is InChI=1S/C31H30F3NO4/c32-31(33,34)25-6-1-20(2-7-25)19-39-27-13-11-24(12-14-27)30(18-21-3-8-26(30)17-21)23-9-4-22(5-10-23)29(38)35-16-15-28(36)37/h1-2,4-7,9-14,21,26H,3,8,15-19H2,(H,35,38)(H,36,37). The molecule has 0 heterocycles. The summed E-state index contributed by atoms with van der Waals surface area (Å²) in [5.41, 5.74) is 2.66. The monoisotopic (exact) mass is 537 g/mol. The summed E-state index contributed by atoms with van der Waals surface area (Å²) < 4.78 is 44.3. The summed E-state index contributed by atoms with van der Waals surface area (Å²) in [5, 5.41) is 11.4. The van der Waals surface area contributed by atoms with Gasteiger partial charge in [-0.2, -0.15) is 13.2 Å². The minimum Gasteiger partial charge on any atom is -0.489 e. The van der Waals surface area contributed by atoms with E-state index in [1.165, 1.54) is 30.5 Å². The molecule has 0 aliphatic heterocycles. The number of aliphatic carboxylic acids is 1. The number of nitrogens with one attached hydrogen (secondary N) is 1. The number of carbonyl (C=O) groups is 2. The van der Waals surface area contributed by atoms with Gasteiger partial charge in [0.05, 0.1) is 12.0 Å². The van der Waals surface area contributed by atoms with Crippen molar-refractivity contribution in [2.45, 2.75) is 50.3 Å². The number of fused-ring (bicyclic) bond motifs is 2. The fourth-order valence-corrected chi connectivity index (χ4v) is 6.31. The van der Waals surface area contributed by atoms with Gasteiger partial charge in [-0.25, -0.2) is 0 Å². The maximum atomic E-state index is 12.8. The van der Waals surface area contributed by atoms with Crippen molar-refractivity contribution in [3.8, 4) is 5.75 Å². The maximum absolute atomic E-state index is 12.8. The highest BCUT2D eigenvalue weighted by Crippen LogP contribution is 2.60. The maximum Gasteiger partial charge on any atom is 0.416 e. The normalized spacial score (nSPS) is 22.0. The summed E-state index contributed by atoms with van der Waals surface area (Å²) in [6.07, 6.45) is 0.0931. The van der Waals surface area contributed by atoms with Crippen LogP contribution < -0.4 is 10.1 Å². The van der Waals surface area contributed by atoms with Gasteiger partial charge in [-0.3, -0.25) is 9.59 Å². The van der Waals surface area contributed by atoms with Gasteiger partial charge in [0.25, 0.3) is 5.91 Å². The van der Waals surface area contributed by atoms with Crippen molar-refractivity contribution in [1.82, 2.24) is 5.32 Å². The molecule has 8 heteroatoms. The van der Waals surface area contributed by atoms with Gasteiger partial charge in [-0.15, -0.1) is 0 Å². The molecular weight excluding hydrogens is 507 g/mol. The highest BCUT2D eigenvalue weighted by Gasteiger charge is 2.52. The van der Waals surface area contributed by atoms with Crippen molar-refractivity contribution in [1.29, 1.82) is 0 Å². The van der Waals surface area contributed by atoms with E-state index >= 15 is 0 Å². The van der Waals surface area contributed by atoms with Crippen LogP contribution in [-0.2, 0) is 23.0 Å². The number of halogens is 3. The molecule has 0 spiro atoms. The van der Waals surface area contributed by atoms with E-state index in [1.807, 2.05) is 24.3 Å². The molecule has 1 amide bonds. The lowest BCUT2D eigenvalue weighted by Gasteiger charge is -2.39. The van der Waals surface area contributed by atoms with Crippen molar-refractivity contribution in [2.24, 2.45) is 11.8 Å². The van der Waals surface area contributed by atoms with Crippen molar-refractivity contribution in [3.63, 3.8) is 0 Å². The van der Waals surface area contributed by atoms with E-state index in [9.17, 15) is 22.8 Å². The number of amides is 1. The van der Waals surface area contributed by atoms with Crippen LogP contribution in [0.15, 0.2) is 72.8 Å².